The highest BCUT2D eigenvalue weighted by atomic mass is 19.4. The summed E-state index contributed by atoms with van der Waals surface area (Å²) in [5.41, 5.74) is 0.256. The van der Waals surface area contributed by atoms with Gasteiger partial charge in [-0.05, 0) is 18.6 Å². The van der Waals surface area contributed by atoms with E-state index in [1.807, 2.05) is 11.8 Å². The van der Waals surface area contributed by atoms with Gasteiger partial charge in [0, 0.05) is 25.5 Å². The third kappa shape index (κ3) is 3.29. The molecule has 0 radical (unpaired) electrons. The third-order valence-corrected chi connectivity index (χ3v) is 3.83. The van der Waals surface area contributed by atoms with Gasteiger partial charge >= 0.3 is 6.18 Å². The van der Waals surface area contributed by atoms with Gasteiger partial charge in [0.15, 0.2) is 0 Å². The zero-order valence-electron chi connectivity index (χ0n) is 12.5. The van der Waals surface area contributed by atoms with Crippen LogP contribution in [0.25, 0.3) is 0 Å². The minimum absolute atomic E-state index is 0.159. The molecule has 1 aromatic carbocycles. The number of anilines is 1. The van der Waals surface area contributed by atoms with Crippen LogP contribution in [0.1, 0.15) is 22.9 Å². The Morgan fingerprint density at radius 1 is 1.17 bits per heavy atom. The van der Waals surface area contributed by atoms with Crippen LogP contribution in [0.5, 0.6) is 0 Å². The van der Waals surface area contributed by atoms with Crippen LogP contribution in [0.4, 0.5) is 19.0 Å². The van der Waals surface area contributed by atoms with Crippen LogP contribution in [-0.2, 0) is 10.9 Å². The normalized spacial score (nSPS) is 19.0. The second-order valence-electron chi connectivity index (χ2n) is 5.36. The Morgan fingerprint density at radius 2 is 1.91 bits per heavy atom. The summed E-state index contributed by atoms with van der Waals surface area (Å²) < 4.78 is 45.2. The van der Waals surface area contributed by atoms with Crippen LogP contribution in [0.2, 0.25) is 0 Å². The highest BCUT2D eigenvalue weighted by Crippen LogP contribution is 2.37. The van der Waals surface area contributed by atoms with Crippen molar-refractivity contribution in [3.8, 4) is 0 Å². The van der Waals surface area contributed by atoms with Crippen molar-refractivity contribution in [2.45, 2.75) is 19.2 Å². The van der Waals surface area contributed by atoms with Gasteiger partial charge in [-0.25, -0.2) is 4.98 Å². The van der Waals surface area contributed by atoms with E-state index in [2.05, 4.69) is 9.97 Å². The summed E-state index contributed by atoms with van der Waals surface area (Å²) in [4.78, 5) is 10.4. The summed E-state index contributed by atoms with van der Waals surface area (Å²) in [6.45, 7) is 3.06. The van der Waals surface area contributed by atoms with Crippen molar-refractivity contribution in [1.29, 1.82) is 0 Å². The van der Waals surface area contributed by atoms with E-state index in [-0.39, 0.29) is 5.56 Å². The smallest absolute Gasteiger partial charge is 0.370 e. The molecule has 1 aliphatic rings. The number of rotatable bonds is 2. The molecule has 0 aliphatic carbocycles. The average molecular weight is 323 g/mol. The maximum absolute atomic E-state index is 13.2. The molecule has 0 saturated carbocycles. The second kappa shape index (κ2) is 6.16. The topological polar surface area (TPSA) is 38.2 Å². The zero-order valence-corrected chi connectivity index (χ0v) is 12.5. The second-order valence-corrected chi connectivity index (χ2v) is 5.36. The van der Waals surface area contributed by atoms with Gasteiger partial charge in [0.05, 0.1) is 17.9 Å². The van der Waals surface area contributed by atoms with Crippen molar-refractivity contribution in [3.63, 3.8) is 0 Å². The molecule has 4 nitrogen and oxygen atoms in total. The lowest BCUT2D eigenvalue weighted by atomic mass is 10.0. The average Bonchev–Trinajstić information content (AvgIpc) is 2.55. The van der Waals surface area contributed by atoms with Crippen molar-refractivity contribution in [1.82, 2.24) is 9.97 Å². The zero-order chi connectivity index (χ0) is 16.4. The fraction of sp³-hybridized carbons (Fsp3) is 0.375. The molecule has 1 aliphatic heterocycles. The molecule has 122 valence electrons. The van der Waals surface area contributed by atoms with E-state index >= 15 is 0 Å². The highest BCUT2D eigenvalue weighted by Gasteiger charge is 2.36. The first-order valence-corrected chi connectivity index (χ1v) is 7.27. The number of alkyl halides is 3. The fourth-order valence-corrected chi connectivity index (χ4v) is 2.78. The summed E-state index contributed by atoms with van der Waals surface area (Å²) in [6, 6.07) is 5.55. The van der Waals surface area contributed by atoms with Gasteiger partial charge in [0.25, 0.3) is 0 Å². The van der Waals surface area contributed by atoms with Crippen LogP contribution in [-0.4, -0.2) is 29.7 Å². The van der Waals surface area contributed by atoms with Crippen molar-refractivity contribution < 1.29 is 17.9 Å². The molecule has 2 heterocycles. The molecule has 0 spiro atoms. The van der Waals surface area contributed by atoms with Crippen molar-refractivity contribution in [2.24, 2.45) is 0 Å². The standard InChI is InChI=1S/C16H16F3N3O/c1-11-15(21-7-6-20-11)22-8-9-23-14(10-22)12-4-2-3-5-13(12)16(17,18)19/h2-7,14H,8-10H2,1H3. The lowest BCUT2D eigenvalue weighted by Gasteiger charge is -2.35. The summed E-state index contributed by atoms with van der Waals surface area (Å²) in [7, 11) is 0. The quantitative estimate of drug-likeness (QED) is 0.849. The van der Waals surface area contributed by atoms with E-state index in [9.17, 15) is 13.2 Å². The fourth-order valence-electron chi connectivity index (χ4n) is 2.78. The first kappa shape index (κ1) is 15.7. The van der Waals surface area contributed by atoms with Gasteiger partial charge in [-0.2, -0.15) is 13.2 Å². The maximum atomic E-state index is 13.2. The van der Waals surface area contributed by atoms with Crippen molar-refractivity contribution in [2.75, 3.05) is 24.6 Å². The number of hydrogen-bond acceptors (Lipinski definition) is 4. The molecule has 7 heteroatoms. The highest BCUT2D eigenvalue weighted by molar-refractivity contribution is 5.44. The van der Waals surface area contributed by atoms with Gasteiger partial charge < -0.3 is 9.64 Å². The molecule has 1 atom stereocenters. The Kier molecular flexibility index (Phi) is 4.21. The number of aryl methyl sites for hydroxylation is 1. The summed E-state index contributed by atoms with van der Waals surface area (Å²) in [6.07, 6.45) is -1.88. The Morgan fingerprint density at radius 3 is 2.65 bits per heavy atom. The van der Waals surface area contributed by atoms with Crippen LogP contribution in [0, 0.1) is 6.92 Å². The molecule has 3 rings (SSSR count). The summed E-state index contributed by atoms with van der Waals surface area (Å²) in [5.74, 6) is 0.685. The monoisotopic (exact) mass is 323 g/mol. The Bertz CT molecular complexity index is 690. The Labute approximate surface area is 131 Å². The number of hydrogen-bond donors (Lipinski definition) is 0. The number of morpholine rings is 1. The first-order chi connectivity index (χ1) is 11.0. The minimum Gasteiger partial charge on any atom is -0.370 e. The largest absolute Gasteiger partial charge is 0.416 e. The molecular weight excluding hydrogens is 307 g/mol. The molecule has 1 saturated heterocycles. The molecule has 1 fully saturated rings. The number of aromatic nitrogens is 2. The molecule has 2 aromatic rings. The number of benzene rings is 1. The number of ether oxygens (including phenoxy) is 1. The van der Waals surface area contributed by atoms with E-state index in [1.165, 1.54) is 12.1 Å². The van der Waals surface area contributed by atoms with E-state index in [0.717, 1.165) is 11.8 Å². The van der Waals surface area contributed by atoms with Gasteiger partial charge in [0.2, 0.25) is 0 Å². The summed E-state index contributed by atoms with van der Waals surface area (Å²) in [5, 5.41) is 0. The number of halogens is 3. The first-order valence-electron chi connectivity index (χ1n) is 7.27. The van der Waals surface area contributed by atoms with Gasteiger partial charge in [0.1, 0.15) is 11.9 Å². The van der Waals surface area contributed by atoms with Crippen LogP contribution >= 0.6 is 0 Å². The molecule has 0 amide bonds. The van der Waals surface area contributed by atoms with Gasteiger partial charge in [-0.3, -0.25) is 4.98 Å². The molecular formula is C16H16F3N3O. The van der Waals surface area contributed by atoms with Crippen molar-refractivity contribution >= 4 is 5.82 Å². The van der Waals surface area contributed by atoms with E-state index in [0.29, 0.717) is 25.5 Å². The Hall–Kier alpha value is -2.15. The third-order valence-electron chi connectivity index (χ3n) is 3.83. The van der Waals surface area contributed by atoms with Crippen LogP contribution in [0.15, 0.2) is 36.7 Å². The summed E-state index contributed by atoms with van der Waals surface area (Å²) >= 11 is 0. The molecule has 1 aromatic heterocycles. The van der Waals surface area contributed by atoms with Crippen LogP contribution < -0.4 is 4.90 Å². The SMILES string of the molecule is Cc1nccnc1N1CCOC(c2ccccc2C(F)(F)F)C1. The molecule has 0 bridgehead atoms. The molecule has 1 unspecified atom stereocenters. The van der Waals surface area contributed by atoms with Crippen LogP contribution in [0.3, 0.4) is 0 Å². The lowest BCUT2D eigenvalue weighted by molar-refractivity contribution is -0.139. The van der Waals surface area contributed by atoms with Gasteiger partial charge in [-0.1, -0.05) is 18.2 Å². The predicted octanol–water partition coefficient (Wildman–Crippen LogP) is 3.38. The minimum atomic E-state index is -4.40. The molecule has 23 heavy (non-hydrogen) atoms. The maximum Gasteiger partial charge on any atom is 0.416 e. The van der Waals surface area contributed by atoms with Gasteiger partial charge in [-0.15, -0.1) is 0 Å². The Balaban J connectivity index is 1.89. The number of nitrogens with zero attached hydrogens (tertiary/aromatic N) is 3. The van der Waals surface area contributed by atoms with Crippen molar-refractivity contribution in [3.05, 3.63) is 53.5 Å². The van der Waals surface area contributed by atoms with E-state index in [1.54, 1.807) is 18.5 Å². The molecule has 0 N–H and O–H groups in total. The van der Waals surface area contributed by atoms with E-state index < -0.39 is 17.8 Å². The lowest BCUT2D eigenvalue weighted by Crippen LogP contribution is -2.39. The predicted molar refractivity (Wildman–Crippen MR) is 79.1 cm³/mol. The van der Waals surface area contributed by atoms with E-state index in [4.69, 9.17) is 4.74 Å².